The minimum atomic E-state index is -4.32. The van der Waals surface area contributed by atoms with E-state index in [2.05, 4.69) is 15.3 Å². The van der Waals surface area contributed by atoms with Gasteiger partial charge in [-0.05, 0) is 6.07 Å². The summed E-state index contributed by atoms with van der Waals surface area (Å²) < 4.78 is 52.4. The van der Waals surface area contributed by atoms with E-state index in [1.54, 1.807) is 48.5 Å². The highest BCUT2D eigenvalue weighted by Crippen LogP contribution is 2.30. The number of nitrogens with one attached hydrogen (secondary N) is 1. The van der Waals surface area contributed by atoms with Crippen LogP contribution in [0.15, 0.2) is 59.5 Å². The predicted octanol–water partition coefficient (Wildman–Crippen LogP) is 3.45. The lowest BCUT2D eigenvalue weighted by molar-refractivity contribution is -0.139. The fraction of sp³-hybridized carbons (Fsp3) is 0.143. The van der Waals surface area contributed by atoms with Gasteiger partial charge >= 0.3 is 12.3 Å². The molecule has 0 fully saturated rings. The van der Waals surface area contributed by atoms with Crippen molar-refractivity contribution in [2.24, 2.45) is 5.73 Å². The highest BCUT2D eigenvalue weighted by atomic mass is 19.3. The first-order chi connectivity index (χ1) is 15.2. The molecule has 11 heteroatoms. The zero-order chi connectivity index (χ0) is 23.0. The second-order valence-electron chi connectivity index (χ2n) is 7.04. The van der Waals surface area contributed by atoms with Gasteiger partial charge in [-0.2, -0.15) is 19.0 Å². The molecule has 32 heavy (non-hydrogen) atoms. The van der Waals surface area contributed by atoms with Crippen LogP contribution in [-0.4, -0.2) is 38.2 Å². The number of fused-ring (bicyclic) bond motifs is 1. The van der Waals surface area contributed by atoms with E-state index >= 15 is 0 Å². The molecule has 0 radical (unpaired) electrons. The van der Waals surface area contributed by atoms with Crippen molar-refractivity contribution in [3.05, 3.63) is 70.6 Å². The monoisotopic (exact) mass is 445 g/mol. The molecule has 7 nitrogen and oxygen atoms in total. The Morgan fingerprint density at radius 2 is 1.62 bits per heavy atom. The number of primary amides is 1. The Labute approximate surface area is 177 Å². The highest BCUT2D eigenvalue weighted by Gasteiger charge is 2.41. The molecule has 3 N–H and O–H groups in total. The van der Waals surface area contributed by atoms with Crippen LogP contribution in [0.2, 0.25) is 0 Å². The van der Waals surface area contributed by atoms with E-state index in [-0.39, 0.29) is 16.8 Å². The number of carbonyl (C=O) groups is 1. The van der Waals surface area contributed by atoms with Gasteiger partial charge in [0.1, 0.15) is 12.2 Å². The van der Waals surface area contributed by atoms with E-state index in [0.29, 0.717) is 32.3 Å². The average Bonchev–Trinajstić information content (AvgIpc) is 3.18. The Kier molecular flexibility index (Phi) is 5.25. The SMILES string of the molecule is NC(=O)c1cn(CC(F)(F)C(F)F)nc1-c1ccc(-c2n[nH]c(=O)c3ccccc23)cc1. The van der Waals surface area contributed by atoms with E-state index in [1.807, 2.05) is 0 Å². The Morgan fingerprint density at radius 3 is 2.22 bits per heavy atom. The maximum absolute atomic E-state index is 13.4. The first kappa shape index (κ1) is 21.2. The number of aromatic nitrogens is 4. The molecule has 0 aliphatic heterocycles. The third kappa shape index (κ3) is 3.84. The predicted molar refractivity (Wildman–Crippen MR) is 108 cm³/mol. The summed E-state index contributed by atoms with van der Waals surface area (Å²) in [6.07, 6.45) is -2.97. The van der Waals surface area contributed by atoms with Gasteiger partial charge in [0, 0.05) is 22.7 Å². The molecule has 0 saturated heterocycles. The third-order valence-corrected chi connectivity index (χ3v) is 4.85. The molecule has 4 rings (SSSR count). The summed E-state index contributed by atoms with van der Waals surface area (Å²) in [4.78, 5) is 23.7. The summed E-state index contributed by atoms with van der Waals surface area (Å²) in [7, 11) is 0. The fourth-order valence-corrected chi connectivity index (χ4v) is 3.30. The fourth-order valence-electron chi connectivity index (χ4n) is 3.30. The molecule has 0 atom stereocenters. The topological polar surface area (TPSA) is 107 Å². The molecule has 2 heterocycles. The van der Waals surface area contributed by atoms with Gasteiger partial charge in [-0.15, -0.1) is 0 Å². The molecule has 0 aliphatic carbocycles. The Hall–Kier alpha value is -4.02. The van der Waals surface area contributed by atoms with E-state index in [0.717, 1.165) is 6.20 Å². The average molecular weight is 445 g/mol. The van der Waals surface area contributed by atoms with Crippen molar-refractivity contribution in [2.45, 2.75) is 18.9 Å². The van der Waals surface area contributed by atoms with Crippen molar-refractivity contribution < 1.29 is 22.4 Å². The summed E-state index contributed by atoms with van der Waals surface area (Å²) >= 11 is 0. The van der Waals surface area contributed by atoms with Crippen LogP contribution in [0.25, 0.3) is 33.3 Å². The van der Waals surface area contributed by atoms with E-state index in [4.69, 9.17) is 5.73 Å². The minimum Gasteiger partial charge on any atom is -0.365 e. The minimum absolute atomic E-state index is 0.0200. The number of hydrogen-bond acceptors (Lipinski definition) is 4. The highest BCUT2D eigenvalue weighted by molar-refractivity contribution is 5.99. The van der Waals surface area contributed by atoms with Gasteiger partial charge in [-0.1, -0.05) is 42.5 Å². The summed E-state index contributed by atoms with van der Waals surface area (Å²) in [5.41, 5.74) is 6.27. The molecule has 0 spiro atoms. The van der Waals surface area contributed by atoms with Crippen molar-refractivity contribution in [3.63, 3.8) is 0 Å². The van der Waals surface area contributed by atoms with Crippen LogP contribution in [0.3, 0.4) is 0 Å². The molecule has 0 aliphatic rings. The van der Waals surface area contributed by atoms with Gasteiger partial charge in [0.05, 0.1) is 16.6 Å². The first-order valence-corrected chi connectivity index (χ1v) is 9.29. The smallest absolute Gasteiger partial charge is 0.326 e. The number of H-pyrrole nitrogens is 1. The van der Waals surface area contributed by atoms with Crippen molar-refractivity contribution >= 4 is 16.7 Å². The molecule has 1 amide bonds. The van der Waals surface area contributed by atoms with E-state index < -0.39 is 24.8 Å². The number of nitrogens with two attached hydrogens (primary N) is 1. The summed E-state index contributed by atoms with van der Waals surface area (Å²) in [6.45, 7) is -1.41. The van der Waals surface area contributed by atoms with Crippen molar-refractivity contribution in [1.29, 1.82) is 0 Å². The standard InChI is InChI=1S/C21H15F4N5O2/c22-20(23)21(24,25)10-30-9-15(18(26)31)17(29-30)12-7-5-11(6-8-12)16-13-3-1-2-4-14(13)19(32)28-27-16/h1-9,20H,10H2,(H2,26,31)(H,28,32). The number of halogens is 4. The maximum atomic E-state index is 13.4. The van der Waals surface area contributed by atoms with Gasteiger partial charge in [-0.3, -0.25) is 14.3 Å². The lowest BCUT2D eigenvalue weighted by Gasteiger charge is -2.14. The molecule has 2 aromatic carbocycles. The molecule has 2 aromatic heterocycles. The van der Waals surface area contributed by atoms with Crippen LogP contribution in [0.1, 0.15) is 10.4 Å². The summed E-state index contributed by atoms with van der Waals surface area (Å²) in [5, 5.41) is 11.5. The van der Waals surface area contributed by atoms with Crippen molar-refractivity contribution in [2.75, 3.05) is 0 Å². The first-order valence-electron chi connectivity index (χ1n) is 9.29. The van der Waals surface area contributed by atoms with E-state index in [1.165, 1.54) is 0 Å². The van der Waals surface area contributed by atoms with Crippen molar-refractivity contribution in [1.82, 2.24) is 20.0 Å². The summed E-state index contributed by atoms with van der Waals surface area (Å²) in [6, 6.07) is 13.3. The molecular formula is C21H15F4N5O2. The Morgan fingerprint density at radius 1 is 1.03 bits per heavy atom. The number of alkyl halides is 4. The Balaban J connectivity index is 1.73. The number of amides is 1. The van der Waals surface area contributed by atoms with Crippen molar-refractivity contribution in [3.8, 4) is 22.5 Å². The van der Waals surface area contributed by atoms with Gasteiger partial charge < -0.3 is 5.73 Å². The molecular weight excluding hydrogens is 430 g/mol. The quantitative estimate of drug-likeness (QED) is 0.443. The van der Waals surface area contributed by atoms with E-state index in [9.17, 15) is 27.2 Å². The number of carbonyl (C=O) groups excluding carboxylic acids is 1. The van der Waals surface area contributed by atoms with Gasteiger partial charge in [-0.25, -0.2) is 13.9 Å². The van der Waals surface area contributed by atoms with Crippen LogP contribution in [-0.2, 0) is 6.54 Å². The number of rotatable bonds is 6. The Bertz CT molecular complexity index is 1360. The van der Waals surface area contributed by atoms with Gasteiger partial charge in [0.2, 0.25) is 0 Å². The second-order valence-corrected chi connectivity index (χ2v) is 7.04. The normalized spacial score (nSPS) is 11.9. The van der Waals surface area contributed by atoms with Crippen LogP contribution in [0.5, 0.6) is 0 Å². The van der Waals surface area contributed by atoms with Crippen LogP contribution in [0, 0.1) is 0 Å². The number of hydrogen-bond donors (Lipinski definition) is 2. The van der Waals surface area contributed by atoms with Gasteiger partial charge in [0.15, 0.2) is 0 Å². The van der Waals surface area contributed by atoms with Crippen LogP contribution >= 0.6 is 0 Å². The number of nitrogens with zero attached hydrogens (tertiary/aromatic N) is 3. The zero-order valence-electron chi connectivity index (χ0n) is 16.2. The lowest BCUT2D eigenvalue weighted by atomic mass is 10.0. The van der Waals surface area contributed by atoms with Crippen LogP contribution < -0.4 is 11.3 Å². The number of benzene rings is 2. The second kappa shape index (κ2) is 7.91. The number of aromatic amines is 1. The summed E-state index contributed by atoms with van der Waals surface area (Å²) in [5.74, 6) is -5.26. The van der Waals surface area contributed by atoms with Crippen LogP contribution in [0.4, 0.5) is 17.6 Å². The molecule has 0 bridgehead atoms. The molecule has 164 valence electrons. The largest absolute Gasteiger partial charge is 0.365 e. The molecule has 4 aromatic rings. The molecule has 0 unspecified atom stereocenters. The zero-order valence-corrected chi connectivity index (χ0v) is 16.2. The van der Waals surface area contributed by atoms with Gasteiger partial charge in [0.25, 0.3) is 11.5 Å². The maximum Gasteiger partial charge on any atom is 0.326 e. The third-order valence-electron chi connectivity index (χ3n) is 4.85. The lowest BCUT2D eigenvalue weighted by Crippen LogP contribution is -2.32. The molecule has 0 saturated carbocycles.